The van der Waals surface area contributed by atoms with Crippen LogP contribution >= 0.6 is 0 Å². The van der Waals surface area contributed by atoms with Crippen molar-refractivity contribution in [2.75, 3.05) is 78.9 Å². The van der Waals surface area contributed by atoms with E-state index in [0.29, 0.717) is 85.0 Å². The molecule has 0 saturated carbocycles. The molecule has 10 rings (SSSR count). The van der Waals surface area contributed by atoms with E-state index < -0.39 is 0 Å². The zero-order chi connectivity index (χ0) is 61.3. The third kappa shape index (κ3) is 16.7. The van der Waals surface area contributed by atoms with E-state index in [1.807, 2.05) is 0 Å². The molecule has 12 bridgehead atoms. The molecule has 462 valence electrons. The van der Waals surface area contributed by atoms with Crippen LogP contribution in [0, 0.1) is 0 Å². The van der Waals surface area contributed by atoms with Crippen LogP contribution in [0.4, 0.5) is 0 Å². The van der Waals surface area contributed by atoms with Gasteiger partial charge in [-0.05, 0) is 107 Å². The smallest absolute Gasteiger partial charge is 0.126 e. The summed E-state index contributed by atoms with van der Waals surface area (Å²) in [4.78, 5) is 2.53. The van der Waals surface area contributed by atoms with E-state index in [4.69, 9.17) is 28.4 Å². The molecule has 3 N–H and O–H groups in total. The van der Waals surface area contributed by atoms with Crippen molar-refractivity contribution in [3.05, 3.63) is 211 Å². The van der Waals surface area contributed by atoms with Crippen molar-refractivity contribution < 1.29 is 28.4 Å². The van der Waals surface area contributed by atoms with Crippen molar-refractivity contribution in [3.8, 4) is 34.5 Å². The largest absolute Gasteiger partial charge is 0.490 e. The van der Waals surface area contributed by atoms with Gasteiger partial charge in [-0.3, -0.25) is 4.90 Å². The average Bonchev–Trinajstić information content (AvgIpc) is 1.20. The Balaban J connectivity index is 1.21. The molecule has 0 atom stereocenters. The number of nitrogens with one attached hydrogen (secondary N) is 3. The van der Waals surface area contributed by atoms with E-state index in [9.17, 15) is 0 Å². The zero-order valence-corrected chi connectivity index (χ0v) is 54.5. The third-order valence-corrected chi connectivity index (χ3v) is 17.2. The number of benzene rings is 7. The maximum atomic E-state index is 7.36. The maximum absolute atomic E-state index is 7.36. The maximum Gasteiger partial charge on any atom is 0.126 e. The second-order valence-corrected chi connectivity index (χ2v) is 28.4. The van der Waals surface area contributed by atoms with Gasteiger partial charge in [-0.15, -0.1) is 0 Å². The Kier molecular flexibility index (Phi) is 20.1. The lowest BCUT2D eigenvalue weighted by molar-refractivity contribution is 0.211. The number of rotatable bonds is 0. The summed E-state index contributed by atoms with van der Waals surface area (Å²) in [6.07, 6.45) is 2.48. The molecule has 0 amide bonds. The molecule has 7 aromatic carbocycles. The van der Waals surface area contributed by atoms with Gasteiger partial charge >= 0.3 is 0 Å². The summed E-state index contributed by atoms with van der Waals surface area (Å²) in [7, 11) is 0. The topological polar surface area (TPSA) is 94.7 Å². The summed E-state index contributed by atoms with van der Waals surface area (Å²) >= 11 is 0. The van der Waals surface area contributed by atoms with E-state index in [1.165, 1.54) is 33.4 Å². The zero-order valence-electron chi connectivity index (χ0n) is 54.5. The monoisotopic (exact) mass is 1170 g/mol. The molecule has 10 nitrogen and oxygen atoms in total. The lowest BCUT2D eigenvalue weighted by atomic mass is 9.79. The molecule has 2 aliphatic heterocycles. The fourth-order valence-electron chi connectivity index (χ4n) is 12.1. The number of hydrogen-bond acceptors (Lipinski definition) is 10. The molecule has 2 heterocycles. The summed E-state index contributed by atoms with van der Waals surface area (Å²) in [5.74, 6) is 5.27. The summed E-state index contributed by atoms with van der Waals surface area (Å²) in [6, 6.07) is 47.0. The molecular formula is C77H98N4O6. The minimum absolute atomic E-state index is 0.117. The van der Waals surface area contributed by atoms with Gasteiger partial charge in [0.2, 0.25) is 0 Å². The number of fused-ring (bicyclic) bond motifs is 11. The number of hydrogen-bond donors (Lipinski definition) is 3. The van der Waals surface area contributed by atoms with Gasteiger partial charge in [0.25, 0.3) is 0 Å². The van der Waals surface area contributed by atoms with Crippen LogP contribution in [-0.2, 0) is 67.0 Å². The van der Waals surface area contributed by atoms with Crippen molar-refractivity contribution >= 4 is 0 Å². The average molecular weight is 1180 g/mol. The van der Waals surface area contributed by atoms with E-state index in [0.717, 1.165) is 124 Å². The third-order valence-electron chi connectivity index (χ3n) is 17.2. The molecule has 0 fully saturated rings. The molecule has 3 aliphatic rings. The molecule has 0 radical (unpaired) electrons. The standard InChI is InChI=1S/C77H98N4O6/c1-74(2,3)64-40-53-37-54(41-64)39-59-45-66(76(7,8)9)47-61-43-63-49-67(77(10,11)12)48-62-42-60-46-65(75(4,5)6)44-58(38-53)71(60)85-34-31-82-68-22-16-13-19-55(68)50-78-25-28-81(29-26-79-51-56-20-14-17-23-69(56)83-32-35-86-72(59)61)30-27-80-52-57-21-15-18-24-70(57)84-33-36-87-73(62)63/h13-24,37,40-41,44-49,78-80H,25-36,38-39,42-43,50-52H2,1-12H3. The first-order chi connectivity index (χ1) is 41.6. The molecule has 87 heavy (non-hydrogen) atoms. The van der Waals surface area contributed by atoms with Crippen LogP contribution in [-0.4, -0.2) is 83.8 Å². The Morgan fingerprint density at radius 3 is 0.862 bits per heavy atom. The van der Waals surface area contributed by atoms with Crippen LogP contribution in [0.15, 0.2) is 127 Å². The highest BCUT2D eigenvalue weighted by Crippen LogP contribution is 2.43. The molecule has 0 spiro atoms. The SMILES string of the molecule is CC(C)(C)c1cc2cc(c1)Cc1cc(C(C)(C)C)cc3c1OCCOc1ccccc1CNCCN1CCNCc4ccccc4OCCOc4c(cc(C(C)(C)C)cc4Cc4cc(C(C)(C)C)cc(c4OCCOc4ccccc4CNCC1)C3)C2. The summed E-state index contributed by atoms with van der Waals surface area (Å²) in [6.45, 7) is 37.2. The molecule has 1 aliphatic carbocycles. The van der Waals surface area contributed by atoms with Crippen LogP contribution in [0.3, 0.4) is 0 Å². The number of para-hydroxylation sites is 3. The normalized spacial score (nSPS) is 16.7. The molecule has 0 saturated heterocycles. The van der Waals surface area contributed by atoms with Gasteiger partial charge in [-0.2, -0.15) is 0 Å². The minimum atomic E-state index is -0.200. The Morgan fingerprint density at radius 1 is 0.299 bits per heavy atom. The van der Waals surface area contributed by atoms with Crippen molar-refractivity contribution in [2.45, 2.75) is 150 Å². The quantitative estimate of drug-likeness (QED) is 0.136. The Bertz CT molecular complexity index is 3290. The molecule has 0 aromatic heterocycles. The van der Waals surface area contributed by atoms with Gasteiger partial charge in [0.05, 0.1) is 0 Å². The first-order valence-electron chi connectivity index (χ1n) is 32.1. The van der Waals surface area contributed by atoms with Crippen LogP contribution in [0.2, 0.25) is 0 Å². The fourth-order valence-corrected chi connectivity index (χ4v) is 12.1. The summed E-state index contributed by atoms with van der Waals surface area (Å²) in [5.41, 5.74) is 17.0. The van der Waals surface area contributed by atoms with Gasteiger partial charge in [0.1, 0.15) is 74.1 Å². The highest BCUT2D eigenvalue weighted by atomic mass is 16.5. The van der Waals surface area contributed by atoms with E-state index in [1.54, 1.807) is 0 Å². The second-order valence-electron chi connectivity index (χ2n) is 28.4. The number of nitrogens with zero attached hydrogens (tertiary/aromatic N) is 1. The Hall–Kier alpha value is -6.82. The molecular weight excluding hydrogens is 1080 g/mol. The van der Waals surface area contributed by atoms with Crippen molar-refractivity contribution in [3.63, 3.8) is 0 Å². The van der Waals surface area contributed by atoms with Gasteiger partial charge in [-0.25, -0.2) is 0 Å². The fraction of sp³-hybridized carbons (Fsp3) is 0.455. The van der Waals surface area contributed by atoms with Crippen molar-refractivity contribution in [1.82, 2.24) is 20.9 Å². The first-order valence-corrected chi connectivity index (χ1v) is 32.1. The predicted octanol–water partition coefficient (Wildman–Crippen LogP) is 14.5. The predicted molar refractivity (Wildman–Crippen MR) is 356 cm³/mol. The van der Waals surface area contributed by atoms with E-state index in [2.05, 4.69) is 231 Å². The lowest BCUT2D eigenvalue weighted by Gasteiger charge is -2.28. The van der Waals surface area contributed by atoms with Crippen LogP contribution in [0.25, 0.3) is 0 Å². The van der Waals surface area contributed by atoms with Gasteiger partial charge in [0, 0.05) is 101 Å². The summed E-state index contributed by atoms with van der Waals surface area (Å²) in [5, 5.41) is 11.3. The Morgan fingerprint density at radius 2 is 0.563 bits per heavy atom. The second kappa shape index (κ2) is 27.7. The highest BCUT2D eigenvalue weighted by Gasteiger charge is 2.29. The van der Waals surface area contributed by atoms with Crippen molar-refractivity contribution in [2.24, 2.45) is 0 Å². The van der Waals surface area contributed by atoms with E-state index >= 15 is 0 Å². The highest BCUT2D eigenvalue weighted by molar-refractivity contribution is 5.58. The molecule has 0 unspecified atom stereocenters. The molecule has 10 heteroatoms. The number of ether oxygens (including phenoxy) is 6. The van der Waals surface area contributed by atoms with Gasteiger partial charge in [-0.1, -0.05) is 192 Å². The Labute approximate surface area is 521 Å². The van der Waals surface area contributed by atoms with Gasteiger partial charge in [0.15, 0.2) is 0 Å². The molecule has 7 aromatic rings. The van der Waals surface area contributed by atoms with Crippen LogP contribution in [0.1, 0.15) is 167 Å². The minimum Gasteiger partial charge on any atom is -0.490 e. The summed E-state index contributed by atoms with van der Waals surface area (Å²) < 4.78 is 42.2. The van der Waals surface area contributed by atoms with E-state index in [-0.39, 0.29) is 21.7 Å². The first kappa shape index (κ1) is 63.2. The van der Waals surface area contributed by atoms with Crippen LogP contribution < -0.4 is 44.4 Å². The van der Waals surface area contributed by atoms with Crippen molar-refractivity contribution in [1.29, 1.82) is 0 Å². The van der Waals surface area contributed by atoms with Gasteiger partial charge < -0.3 is 44.4 Å². The lowest BCUT2D eigenvalue weighted by Crippen LogP contribution is -2.40. The van der Waals surface area contributed by atoms with Crippen LogP contribution in [0.5, 0.6) is 34.5 Å².